The maximum atomic E-state index is 13.7. The highest BCUT2D eigenvalue weighted by atomic mass is 19.4. The Hall–Kier alpha value is -2.34. The first kappa shape index (κ1) is 20.4. The van der Waals surface area contributed by atoms with Crippen molar-refractivity contribution in [2.45, 2.75) is 50.9 Å². The zero-order valence-corrected chi connectivity index (χ0v) is 15.9. The Kier molecular flexibility index (Phi) is 5.79. The Labute approximate surface area is 162 Å². The van der Waals surface area contributed by atoms with E-state index in [2.05, 4.69) is 0 Å². The van der Waals surface area contributed by atoms with Crippen LogP contribution in [-0.2, 0) is 11.0 Å². The van der Waals surface area contributed by atoms with Gasteiger partial charge in [0.2, 0.25) is 0 Å². The van der Waals surface area contributed by atoms with Crippen LogP contribution in [0.5, 0.6) is 0 Å². The number of alkyl halides is 3. The molecule has 0 aliphatic carbocycles. The largest absolute Gasteiger partial charge is 0.480 e. The first-order chi connectivity index (χ1) is 13.2. The van der Waals surface area contributed by atoms with Gasteiger partial charge in [0, 0.05) is 6.54 Å². The number of aliphatic carboxylic acids is 1. The van der Waals surface area contributed by atoms with Crippen molar-refractivity contribution >= 4 is 5.97 Å². The van der Waals surface area contributed by atoms with Crippen molar-refractivity contribution in [3.63, 3.8) is 0 Å². The van der Waals surface area contributed by atoms with E-state index < -0.39 is 29.8 Å². The van der Waals surface area contributed by atoms with Crippen molar-refractivity contribution in [3.8, 4) is 0 Å². The molecule has 28 heavy (non-hydrogen) atoms. The Bertz CT molecular complexity index is 830. The predicted octanol–water partition coefficient (Wildman–Crippen LogP) is 5.47. The van der Waals surface area contributed by atoms with Crippen LogP contribution in [0.2, 0.25) is 0 Å². The third-order valence-corrected chi connectivity index (χ3v) is 5.39. The van der Waals surface area contributed by atoms with Crippen LogP contribution >= 0.6 is 0 Å². The van der Waals surface area contributed by atoms with Gasteiger partial charge in [0.15, 0.2) is 0 Å². The molecule has 2 atom stereocenters. The van der Waals surface area contributed by atoms with Crippen LogP contribution in [0.25, 0.3) is 0 Å². The third kappa shape index (κ3) is 4.07. The van der Waals surface area contributed by atoms with Gasteiger partial charge >= 0.3 is 12.1 Å². The number of benzene rings is 2. The molecule has 0 radical (unpaired) electrons. The average molecular weight is 391 g/mol. The summed E-state index contributed by atoms with van der Waals surface area (Å²) in [5.41, 5.74) is 1.14. The maximum Gasteiger partial charge on any atom is 0.416 e. The Morgan fingerprint density at radius 3 is 2.25 bits per heavy atom. The van der Waals surface area contributed by atoms with Gasteiger partial charge in [0.25, 0.3) is 0 Å². The van der Waals surface area contributed by atoms with Gasteiger partial charge in [-0.1, -0.05) is 56.3 Å². The molecule has 0 spiro atoms. The van der Waals surface area contributed by atoms with Crippen molar-refractivity contribution in [3.05, 3.63) is 70.8 Å². The van der Waals surface area contributed by atoms with Gasteiger partial charge in [0.1, 0.15) is 6.04 Å². The van der Waals surface area contributed by atoms with Crippen molar-refractivity contribution in [2.75, 3.05) is 6.54 Å². The van der Waals surface area contributed by atoms with E-state index in [0.717, 1.165) is 11.6 Å². The molecule has 2 unspecified atom stereocenters. The smallest absolute Gasteiger partial charge is 0.416 e. The number of nitrogens with zero attached hydrogens (tertiary/aromatic N) is 1. The molecule has 6 heteroatoms. The monoisotopic (exact) mass is 391 g/mol. The number of rotatable bonds is 5. The van der Waals surface area contributed by atoms with E-state index in [1.54, 1.807) is 11.0 Å². The SMILES string of the molecule is CC(C)c1ccc(C(c2ccccc2C(F)(F)F)N2CCCC2C(=O)O)cc1. The van der Waals surface area contributed by atoms with E-state index in [9.17, 15) is 23.1 Å². The van der Waals surface area contributed by atoms with Crippen molar-refractivity contribution < 1.29 is 23.1 Å². The minimum Gasteiger partial charge on any atom is -0.480 e. The zero-order valence-electron chi connectivity index (χ0n) is 15.9. The van der Waals surface area contributed by atoms with Crippen LogP contribution < -0.4 is 0 Å². The molecule has 0 aromatic heterocycles. The second-order valence-corrected chi connectivity index (χ2v) is 7.54. The number of carbonyl (C=O) groups is 1. The molecule has 1 heterocycles. The summed E-state index contributed by atoms with van der Waals surface area (Å²) in [6, 6.07) is 11.4. The highest BCUT2D eigenvalue weighted by molar-refractivity contribution is 5.74. The molecule has 3 rings (SSSR count). The van der Waals surface area contributed by atoms with Gasteiger partial charge in [-0.25, -0.2) is 0 Å². The standard InChI is InChI=1S/C22H24F3NO2/c1-14(2)15-9-11-16(12-10-15)20(26-13-5-8-19(26)21(27)28)17-6-3-4-7-18(17)22(23,24)25/h3-4,6-7,9-12,14,19-20H,5,8,13H2,1-2H3,(H,27,28). The van der Waals surface area contributed by atoms with Crippen LogP contribution in [0.15, 0.2) is 48.5 Å². The fourth-order valence-corrected chi connectivity index (χ4v) is 3.97. The number of halogens is 3. The number of hydrogen-bond donors (Lipinski definition) is 1. The topological polar surface area (TPSA) is 40.5 Å². The van der Waals surface area contributed by atoms with Crippen molar-refractivity contribution in [1.82, 2.24) is 4.90 Å². The van der Waals surface area contributed by atoms with Gasteiger partial charge in [-0.2, -0.15) is 13.2 Å². The average Bonchev–Trinajstić information content (AvgIpc) is 3.11. The number of carboxylic acid groups (broad SMARTS) is 1. The van der Waals surface area contributed by atoms with Gasteiger partial charge in [0.05, 0.1) is 11.6 Å². The highest BCUT2D eigenvalue weighted by Gasteiger charge is 2.41. The summed E-state index contributed by atoms with van der Waals surface area (Å²) in [4.78, 5) is 13.4. The summed E-state index contributed by atoms with van der Waals surface area (Å²) in [5.74, 6) is -0.695. The minimum absolute atomic E-state index is 0.0976. The Balaban J connectivity index is 2.15. The highest BCUT2D eigenvalue weighted by Crippen LogP contribution is 2.41. The molecule has 1 saturated heterocycles. The lowest BCUT2D eigenvalue weighted by Crippen LogP contribution is -2.39. The van der Waals surface area contributed by atoms with Crippen molar-refractivity contribution in [1.29, 1.82) is 0 Å². The number of hydrogen-bond acceptors (Lipinski definition) is 2. The van der Waals surface area contributed by atoms with E-state index in [0.29, 0.717) is 30.9 Å². The predicted molar refractivity (Wildman–Crippen MR) is 101 cm³/mol. The summed E-state index contributed by atoms with van der Waals surface area (Å²) in [7, 11) is 0. The summed E-state index contributed by atoms with van der Waals surface area (Å²) in [6.07, 6.45) is -3.43. The fourth-order valence-electron chi connectivity index (χ4n) is 3.97. The summed E-state index contributed by atoms with van der Waals surface area (Å²) >= 11 is 0. The molecule has 1 N–H and O–H groups in total. The lowest BCUT2D eigenvalue weighted by molar-refractivity contribution is -0.143. The normalized spacial score (nSPS) is 19.1. The van der Waals surface area contributed by atoms with E-state index in [1.165, 1.54) is 12.1 Å². The van der Waals surface area contributed by atoms with Gasteiger partial charge in [-0.15, -0.1) is 0 Å². The maximum absolute atomic E-state index is 13.7. The molecule has 0 amide bonds. The lowest BCUT2D eigenvalue weighted by Gasteiger charge is -2.33. The summed E-state index contributed by atoms with van der Waals surface area (Å²) in [5, 5.41) is 9.61. The van der Waals surface area contributed by atoms with Gasteiger partial charge < -0.3 is 5.11 Å². The summed E-state index contributed by atoms with van der Waals surface area (Å²) in [6.45, 7) is 4.54. The molecule has 1 fully saturated rings. The fraction of sp³-hybridized carbons (Fsp3) is 0.409. The van der Waals surface area contributed by atoms with Crippen LogP contribution in [-0.4, -0.2) is 28.6 Å². The quantitative estimate of drug-likeness (QED) is 0.735. The Morgan fingerprint density at radius 2 is 1.68 bits per heavy atom. The summed E-state index contributed by atoms with van der Waals surface area (Å²) < 4.78 is 41.1. The van der Waals surface area contributed by atoms with Crippen LogP contribution in [0.3, 0.4) is 0 Å². The number of carboxylic acids is 1. The zero-order chi connectivity index (χ0) is 20.5. The minimum atomic E-state index is -4.51. The van der Waals surface area contributed by atoms with E-state index in [1.807, 2.05) is 38.1 Å². The van der Waals surface area contributed by atoms with Crippen LogP contribution in [0.4, 0.5) is 13.2 Å². The molecular weight excluding hydrogens is 367 g/mol. The van der Waals surface area contributed by atoms with E-state index >= 15 is 0 Å². The second kappa shape index (κ2) is 7.95. The first-order valence-corrected chi connectivity index (χ1v) is 9.44. The van der Waals surface area contributed by atoms with E-state index in [-0.39, 0.29) is 5.56 Å². The lowest BCUT2D eigenvalue weighted by atomic mass is 9.90. The second-order valence-electron chi connectivity index (χ2n) is 7.54. The van der Waals surface area contributed by atoms with Crippen molar-refractivity contribution in [2.24, 2.45) is 0 Å². The molecule has 1 aliphatic rings. The van der Waals surface area contributed by atoms with Gasteiger partial charge in [-0.3, -0.25) is 9.69 Å². The molecule has 0 saturated carbocycles. The first-order valence-electron chi connectivity index (χ1n) is 9.44. The molecule has 0 bridgehead atoms. The van der Waals surface area contributed by atoms with E-state index in [4.69, 9.17) is 0 Å². The molecular formula is C22H24F3NO2. The van der Waals surface area contributed by atoms with Crippen LogP contribution in [0.1, 0.15) is 60.9 Å². The molecule has 150 valence electrons. The molecule has 2 aromatic carbocycles. The van der Waals surface area contributed by atoms with Crippen LogP contribution in [0, 0.1) is 0 Å². The van der Waals surface area contributed by atoms with Gasteiger partial charge in [-0.05, 0) is 41.5 Å². The molecule has 3 nitrogen and oxygen atoms in total. The Morgan fingerprint density at radius 1 is 1.07 bits per heavy atom. The number of likely N-dealkylation sites (tertiary alicyclic amines) is 1. The molecule has 2 aromatic rings. The molecule has 1 aliphatic heterocycles. The third-order valence-electron chi connectivity index (χ3n) is 5.39.